The van der Waals surface area contributed by atoms with E-state index in [9.17, 15) is 13.2 Å². The molecule has 0 aliphatic carbocycles. The zero-order valence-electron chi connectivity index (χ0n) is 13.4. The van der Waals surface area contributed by atoms with Gasteiger partial charge in [-0.05, 0) is 24.3 Å². The van der Waals surface area contributed by atoms with Crippen molar-refractivity contribution in [2.45, 2.75) is 6.54 Å². The van der Waals surface area contributed by atoms with E-state index in [0.29, 0.717) is 17.1 Å². The van der Waals surface area contributed by atoms with Crippen LogP contribution in [0.2, 0.25) is 0 Å². The first kappa shape index (κ1) is 17.4. The van der Waals surface area contributed by atoms with Gasteiger partial charge in [0.05, 0.1) is 0 Å². The van der Waals surface area contributed by atoms with E-state index in [-0.39, 0.29) is 17.9 Å². The van der Waals surface area contributed by atoms with Crippen LogP contribution in [0.4, 0.5) is 30.5 Å². The second kappa shape index (κ2) is 7.64. The Kier molecular flexibility index (Phi) is 5.12. The first-order valence-corrected chi connectivity index (χ1v) is 7.62. The van der Waals surface area contributed by atoms with E-state index in [1.165, 1.54) is 24.5 Å². The number of anilines is 3. The third-order valence-electron chi connectivity index (χ3n) is 3.55. The minimum absolute atomic E-state index is 0.0199. The van der Waals surface area contributed by atoms with Crippen LogP contribution in [-0.2, 0) is 6.54 Å². The Morgan fingerprint density at radius 1 is 0.962 bits per heavy atom. The van der Waals surface area contributed by atoms with Gasteiger partial charge >= 0.3 is 0 Å². The molecule has 26 heavy (non-hydrogen) atoms. The van der Waals surface area contributed by atoms with Crippen molar-refractivity contribution in [2.75, 3.05) is 10.6 Å². The summed E-state index contributed by atoms with van der Waals surface area (Å²) in [7, 11) is 0. The molecule has 3 aromatic rings. The average molecular weight is 357 g/mol. The maximum Gasteiger partial charge on any atom is 0.134 e. The second-order valence-electron chi connectivity index (χ2n) is 5.37. The molecule has 0 saturated carbocycles. The van der Waals surface area contributed by atoms with E-state index in [4.69, 9.17) is 5.41 Å². The molecule has 0 radical (unpaired) electrons. The van der Waals surface area contributed by atoms with Crippen LogP contribution in [0, 0.1) is 22.9 Å². The molecule has 3 rings (SSSR count). The number of aromatic nitrogens is 2. The van der Waals surface area contributed by atoms with Crippen molar-refractivity contribution in [1.29, 1.82) is 5.41 Å². The van der Waals surface area contributed by atoms with Crippen LogP contribution in [0.25, 0.3) is 0 Å². The number of nitrogens with one attached hydrogen (secondary N) is 3. The number of halogens is 3. The number of pyridine rings is 2. The van der Waals surface area contributed by atoms with Crippen molar-refractivity contribution in [3.05, 3.63) is 77.4 Å². The van der Waals surface area contributed by atoms with Gasteiger partial charge in [-0.2, -0.15) is 0 Å². The Hall–Kier alpha value is -3.42. The number of benzene rings is 1. The molecule has 2 aromatic heterocycles. The largest absolute Gasteiger partial charge is 0.380 e. The highest BCUT2D eigenvalue weighted by Gasteiger charge is 2.08. The van der Waals surface area contributed by atoms with E-state index in [1.807, 2.05) is 0 Å². The summed E-state index contributed by atoms with van der Waals surface area (Å²) in [6.07, 6.45) is 3.83. The molecule has 8 heteroatoms. The quantitative estimate of drug-likeness (QED) is 0.577. The van der Waals surface area contributed by atoms with Gasteiger partial charge < -0.3 is 16.0 Å². The molecular formula is C18H14F3N5. The number of rotatable bonds is 6. The summed E-state index contributed by atoms with van der Waals surface area (Å²) < 4.78 is 40.2. The summed E-state index contributed by atoms with van der Waals surface area (Å²) in [6.45, 7) is 0.0199. The molecule has 0 unspecified atom stereocenters. The molecule has 5 nitrogen and oxygen atoms in total. The third-order valence-corrected chi connectivity index (χ3v) is 3.55. The lowest BCUT2D eigenvalue weighted by Gasteiger charge is -2.12. The average Bonchev–Trinajstić information content (AvgIpc) is 2.62. The highest BCUT2D eigenvalue weighted by Crippen LogP contribution is 2.21. The maximum atomic E-state index is 13.7. The van der Waals surface area contributed by atoms with E-state index in [1.54, 1.807) is 6.07 Å². The zero-order valence-corrected chi connectivity index (χ0v) is 13.4. The monoisotopic (exact) mass is 357 g/mol. The van der Waals surface area contributed by atoms with Crippen molar-refractivity contribution in [3.63, 3.8) is 0 Å². The zero-order chi connectivity index (χ0) is 18.5. The minimum atomic E-state index is -0.537. The predicted molar refractivity (Wildman–Crippen MR) is 93.3 cm³/mol. The van der Waals surface area contributed by atoms with Crippen LogP contribution in [0.5, 0.6) is 0 Å². The van der Waals surface area contributed by atoms with Gasteiger partial charge in [-0.25, -0.2) is 23.1 Å². The van der Waals surface area contributed by atoms with Crippen molar-refractivity contribution in [3.8, 4) is 0 Å². The highest BCUT2D eigenvalue weighted by molar-refractivity contribution is 5.86. The number of hydrogen-bond acceptors (Lipinski definition) is 5. The fourth-order valence-electron chi connectivity index (χ4n) is 2.28. The molecule has 0 amide bonds. The van der Waals surface area contributed by atoms with Gasteiger partial charge in [0.15, 0.2) is 0 Å². The molecule has 1 aromatic carbocycles. The smallest absolute Gasteiger partial charge is 0.134 e. The van der Waals surface area contributed by atoms with Crippen LogP contribution >= 0.6 is 0 Å². The number of nitrogens with zero attached hydrogens (tertiary/aromatic N) is 2. The highest BCUT2D eigenvalue weighted by atomic mass is 19.1. The van der Waals surface area contributed by atoms with Gasteiger partial charge in [0, 0.05) is 54.1 Å². The van der Waals surface area contributed by atoms with Gasteiger partial charge in [0.1, 0.15) is 29.1 Å². The van der Waals surface area contributed by atoms with Gasteiger partial charge in [-0.1, -0.05) is 0 Å². The SMILES string of the molecule is N=Cc1cnc(Nc2cc(F)ccn2)cc1NCc1cc(F)ccc1F. The van der Waals surface area contributed by atoms with E-state index in [2.05, 4.69) is 20.6 Å². The molecule has 0 aliphatic rings. The van der Waals surface area contributed by atoms with Crippen molar-refractivity contribution >= 4 is 23.5 Å². The lowest BCUT2D eigenvalue weighted by Crippen LogP contribution is -2.06. The Bertz CT molecular complexity index is 946. The lowest BCUT2D eigenvalue weighted by atomic mass is 10.2. The standard InChI is InChI=1S/C18H14F3N5/c19-13-1-2-15(21)11(5-13)9-24-16-7-18(25-10-12(16)8-22)26-17-6-14(20)3-4-23-17/h1-8,10,22H,9H2,(H2,23,24,25,26). The summed E-state index contributed by atoms with van der Waals surface area (Å²) >= 11 is 0. The number of hydrogen-bond donors (Lipinski definition) is 3. The third kappa shape index (κ3) is 4.15. The molecule has 0 atom stereocenters. The normalized spacial score (nSPS) is 10.4. The Labute approximate surface area is 147 Å². The van der Waals surface area contributed by atoms with Gasteiger partial charge in [-0.15, -0.1) is 0 Å². The summed E-state index contributed by atoms with van der Waals surface area (Å²) in [5.74, 6) is -0.895. The molecular weight excluding hydrogens is 343 g/mol. The second-order valence-corrected chi connectivity index (χ2v) is 5.37. The van der Waals surface area contributed by atoms with Crippen molar-refractivity contribution in [1.82, 2.24) is 9.97 Å². The van der Waals surface area contributed by atoms with Gasteiger partial charge in [0.25, 0.3) is 0 Å². The maximum absolute atomic E-state index is 13.7. The fraction of sp³-hybridized carbons (Fsp3) is 0.0556. The van der Waals surface area contributed by atoms with Gasteiger partial charge in [0.2, 0.25) is 0 Å². The summed E-state index contributed by atoms with van der Waals surface area (Å²) in [6, 6.07) is 7.20. The molecule has 0 fully saturated rings. The molecule has 0 bridgehead atoms. The fourth-order valence-corrected chi connectivity index (χ4v) is 2.28. The van der Waals surface area contributed by atoms with Crippen LogP contribution in [0.3, 0.4) is 0 Å². The molecule has 0 aliphatic heterocycles. The topological polar surface area (TPSA) is 73.7 Å². The minimum Gasteiger partial charge on any atom is -0.380 e. The predicted octanol–water partition coefficient (Wildman–Crippen LogP) is 4.25. The molecule has 2 heterocycles. The van der Waals surface area contributed by atoms with E-state index < -0.39 is 17.5 Å². The molecule has 0 saturated heterocycles. The van der Waals surface area contributed by atoms with Crippen LogP contribution < -0.4 is 10.6 Å². The summed E-state index contributed by atoms with van der Waals surface area (Å²) in [5, 5.41) is 13.2. The summed E-state index contributed by atoms with van der Waals surface area (Å²) in [5.41, 5.74) is 1.09. The lowest BCUT2D eigenvalue weighted by molar-refractivity contribution is 0.587. The first-order chi connectivity index (χ1) is 12.5. The Balaban J connectivity index is 1.81. The summed E-state index contributed by atoms with van der Waals surface area (Å²) in [4.78, 5) is 8.10. The first-order valence-electron chi connectivity index (χ1n) is 7.62. The van der Waals surface area contributed by atoms with Crippen LogP contribution in [0.15, 0.2) is 48.8 Å². The molecule has 0 spiro atoms. The Morgan fingerprint density at radius 2 is 1.73 bits per heavy atom. The van der Waals surface area contributed by atoms with Gasteiger partial charge in [-0.3, -0.25) is 0 Å². The Morgan fingerprint density at radius 3 is 2.50 bits per heavy atom. The van der Waals surface area contributed by atoms with Crippen LogP contribution in [0.1, 0.15) is 11.1 Å². The van der Waals surface area contributed by atoms with Crippen molar-refractivity contribution < 1.29 is 13.2 Å². The van der Waals surface area contributed by atoms with E-state index >= 15 is 0 Å². The van der Waals surface area contributed by atoms with E-state index in [0.717, 1.165) is 24.4 Å². The molecule has 132 valence electrons. The van der Waals surface area contributed by atoms with Crippen molar-refractivity contribution in [2.24, 2.45) is 0 Å². The van der Waals surface area contributed by atoms with Crippen LogP contribution in [-0.4, -0.2) is 16.2 Å². The molecule has 3 N–H and O–H groups in total.